The van der Waals surface area contributed by atoms with E-state index in [1.54, 1.807) is 18.5 Å². The van der Waals surface area contributed by atoms with Crippen molar-refractivity contribution >= 4 is 11.6 Å². The molecule has 96 valence electrons. The highest BCUT2D eigenvalue weighted by Crippen LogP contribution is 2.27. The first kappa shape index (κ1) is 13.1. The van der Waals surface area contributed by atoms with E-state index < -0.39 is 0 Å². The van der Waals surface area contributed by atoms with Crippen molar-refractivity contribution in [2.24, 2.45) is 0 Å². The molecule has 0 radical (unpaired) electrons. The lowest BCUT2D eigenvalue weighted by Gasteiger charge is -2.18. The molecule has 3 nitrogen and oxygen atoms in total. The molecule has 1 heterocycles. The molecule has 1 aromatic carbocycles. The van der Waals surface area contributed by atoms with Crippen LogP contribution in [-0.4, -0.2) is 16.5 Å². The fourth-order valence-electron chi connectivity index (χ4n) is 1.81. The number of hydrogen-bond acceptors (Lipinski definition) is 2. The second kappa shape index (κ2) is 5.98. The Bertz CT molecular complexity index is 499. The molecule has 1 atom stereocenters. The second-order valence-electron chi connectivity index (χ2n) is 4.03. The first-order valence-electron chi connectivity index (χ1n) is 5.90. The predicted molar refractivity (Wildman–Crippen MR) is 70.1 cm³/mol. The van der Waals surface area contributed by atoms with Crippen molar-refractivity contribution < 1.29 is 4.39 Å². The molecule has 2 N–H and O–H groups in total. The third kappa shape index (κ3) is 2.89. The van der Waals surface area contributed by atoms with Crippen molar-refractivity contribution in [2.75, 3.05) is 6.54 Å². The molecule has 5 heteroatoms. The summed E-state index contributed by atoms with van der Waals surface area (Å²) in [4.78, 5) is 7.25. The standard InChI is InChI=1S/C13H15ClFN3/c1-2-5-16-12(13-17-6-7-18-13)10-8-9(15)3-4-11(10)14/h3-4,6-8,12,16H,2,5H2,1H3,(H,17,18). The Morgan fingerprint density at radius 2 is 2.33 bits per heavy atom. The van der Waals surface area contributed by atoms with Crippen LogP contribution in [0.1, 0.15) is 30.8 Å². The van der Waals surface area contributed by atoms with Crippen LogP contribution >= 0.6 is 11.6 Å². The molecule has 2 rings (SSSR count). The Kier molecular flexibility index (Phi) is 4.33. The Labute approximate surface area is 110 Å². The highest BCUT2D eigenvalue weighted by atomic mass is 35.5. The van der Waals surface area contributed by atoms with Gasteiger partial charge < -0.3 is 10.3 Å². The summed E-state index contributed by atoms with van der Waals surface area (Å²) in [6.45, 7) is 2.87. The minimum absolute atomic E-state index is 0.219. The maximum atomic E-state index is 13.4. The van der Waals surface area contributed by atoms with Gasteiger partial charge in [0.15, 0.2) is 0 Å². The third-order valence-corrected chi connectivity index (χ3v) is 3.00. The van der Waals surface area contributed by atoms with Gasteiger partial charge in [0.25, 0.3) is 0 Å². The molecule has 0 fully saturated rings. The molecule has 0 aliphatic rings. The van der Waals surface area contributed by atoms with E-state index in [0.29, 0.717) is 10.6 Å². The van der Waals surface area contributed by atoms with Crippen molar-refractivity contribution in [3.63, 3.8) is 0 Å². The van der Waals surface area contributed by atoms with Crippen molar-refractivity contribution in [3.05, 3.63) is 52.8 Å². The Morgan fingerprint density at radius 3 is 3.00 bits per heavy atom. The van der Waals surface area contributed by atoms with Crippen LogP contribution in [0.5, 0.6) is 0 Å². The zero-order valence-electron chi connectivity index (χ0n) is 10.1. The van der Waals surface area contributed by atoms with Crippen LogP contribution in [0.3, 0.4) is 0 Å². The van der Waals surface area contributed by atoms with Gasteiger partial charge in [0.2, 0.25) is 0 Å². The smallest absolute Gasteiger partial charge is 0.127 e. The van der Waals surface area contributed by atoms with E-state index in [1.807, 2.05) is 0 Å². The zero-order chi connectivity index (χ0) is 13.0. The summed E-state index contributed by atoms with van der Waals surface area (Å²) in [6, 6.07) is 4.14. The predicted octanol–water partition coefficient (Wildman–Crippen LogP) is 3.29. The minimum atomic E-state index is -0.302. The molecule has 0 amide bonds. The number of aromatic nitrogens is 2. The number of halogens is 2. The summed E-state index contributed by atoms with van der Waals surface area (Å²) in [6.07, 6.45) is 4.39. The molecule has 0 aliphatic heterocycles. The van der Waals surface area contributed by atoms with Gasteiger partial charge in [-0.25, -0.2) is 9.37 Å². The number of rotatable bonds is 5. The number of imidazole rings is 1. The molecule has 1 aromatic heterocycles. The van der Waals surface area contributed by atoms with Crippen LogP contribution < -0.4 is 5.32 Å². The zero-order valence-corrected chi connectivity index (χ0v) is 10.8. The summed E-state index contributed by atoms with van der Waals surface area (Å²) in [7, 11) is 0. The summed E-state index contributed by atoms with van der Waals surface area (Å²) >= 11 is 6.14. The van der Waals surface area contributed by atoms with Crippen LogP contribution in [0, 0.1) is 5.82 Å². The molecule has 2 aromatic rings. The fourth-order valence-corrected chi connectivity index (χ4v) is 2.04. The Hall–Kier alpha value is -1.39. The molecule has 18 heavy (non-hydrogen) atoms. The topological polar surface area (TPSA) is 40.7 Å². The van der Waals surface area contributed by atoms with E-state index >= 15 is 0 Å². The van der Waals surface area contributed by atoms with E-state index in [2.05, 4.69) is 22.2 Å². The number of nitrogens with one attached hydrogen (secondary N) is 2. The van der Waals surface area contributed by atoms with E-state index in [-0.39, 0.29) is 11.9 Å². The lowest BCUT2D eigenvalue weighted by molar-refractivity contribution is 0.568. The molecule has 0 aliphatic carbocycles. The SMILES string of the molecule is CCCNC(c1ncc[nH]1)c1cc(F)ccc1Cl. The van der Waals surface area contributed by atoms with E-state index in [4.69, 9.17) is 11.6 Å². The van der Waals surface area contributed by atoms with Crippen LogP contribution in [0.25, 0.3) is 0 Å². The van der Waals surface area contributed by atoms with Crippen LogP contribution in [0.2, 0.25) is 5.02 Å². The number of H-pyrrole nitrogens is 1. The average molecular weight is 268 g/mol. The van der Waals surface area contributed by atoms with Gasteiger partial charge >= 0.3 is 0 Å². The Balaban J connectivity index is 2.36. The summed E-state index contributed by atoms with van der Waals surface area (Å²) in [5, 5.41) is 3.84. The van der Waals surface area contributed by atoms with Crippen molar-refractivity contribution in [1.29, 1.82) is 0 Å². The number of benzene rings is 1. The van der Waals surface area contributed by atoms with Crippen molar-refractivity contribution in [3.8, 4) is 0 Å². The van der Waals surface area contributed by atoms with Gasteiger partial charge in [-0.05, 0) is 36.7 Å². The van der Waals surface area contributed by atoms with Crippen molar-refractivity contribution in [2.45, 2.75) is 19.4 Å². The molecule has 0 saturated heterocycles. The van der Waals surface area contributed by atoms with Crippen molar-refractivity contribution in [1.82, 2.24) is 15.3 Å². The summed E-state index contributed by atoms with van der Waals surface area (Å²) in [5.74, 6) is 0.431. The van der Waals surface area contributed by atoms with Gasteiger partial charge in [-0.2, -0.15) is 0 Å². The molecule has 1 unspecified atom stereocenters. The van der Waals surface area contributed by atoms with E-state index in [0.717, 1.165) is 18.8 Å². The quantitative estimate of drug-likeness (QED) is 0.873. The maximum absolute atomic E-state index is 13.4. The fraction of sp³-hybridized carbons (Fsp3) is 0.308. The van der Waals surface area contributed by atoms with Gasteiger partial charge in [0, 0.05) is 17.4 Å². The number of aromatic amines is 1. The van der Waals surface area contributed by atoms with Gasteiger partial charge in [-0.15, -0.1) is 0 Å². The normalized spacial score (nSPS) is 12.6. The molecule has 0 spiro atoms. The Morgan fingerprint density at radius 1 is 1.50 bits per heavy atom. The van der Waals surface area contributed by atoms with Gasteiger partial charge in [0.05, 0.1) is 6.04 Å². The third-order valence-electron chi connectivity index (χ3n) is 2.66. The number of nitrogens with zero attached hydrogens (tertiary/aromatic N) is 1. The summed E-state index contributed by atoms with van der Waals surface area (Å²) < 4.78 is 13.4. The second-order valence-corrected chi connectivity index (χ2v) is 4.43. The average Bonchev–Trinajstić information content (AvgIpc) is 2.88. The first-order valence-corrected chi connectivity index (χ1v) is 6.27. The molecule has 0 bridgehead atoms. The largest absolute Gasteiger partial charge is 0.347 e. The lowest BCUT2D eigenvalue weighted by atomic mass is 10.1. The monoisotopic (exact) mass is 267 g/mol. The van der Waals surface area contributed by atoms with Crippen LogP contribution in [0.15, 0.2) is 30.6 Å². The van der Waals surface area contributed by atoms with E-state index in [1.165, 1.54) is 12.1 Å². The highest BCUT2D eigenvalue weighted by Gasteiger charge is 2.19. The number of hydrogen-bond donors (Lipinski definition) is 2. The summed E-state index contributed by atoms with van der Waals surface area (Å²) in [5.41, 5.74) is 0.695. The van der Waals surface area contributed by atoms with Gasteiger partial charge in [-0.1, -0.05) is 18.5 Å². The first-order chi connectivity index (χ1) is 8.72. The van der Waals surface area contributed by atoms with Gasteiger partial charge in [0.1, 0.15) is 11.6 Å². The van der Waals surface area contributed by atoms with Crippen LogP contribution in [0.4, 0.5) is 4.39 Å². The maximum Gasteiger partial charge on any atom is 0.127 e. The molecule has 0 saturated carbocycles. The van der Waals surface area contributed by atoms with Crippen LogP contribution in [-0.2, 0) is 0 Å². The molecular weight excluding hydrogens is 253 g/mol. The van der Waals surface area contributed by atoms with E-state index in [9.17, 15) is 4.39 Å². The minimum Gasteiger partial charge on any atom is -0.347 e. The highest BCUT2D eigenvalue weighted by molar-refractivity contribution is 6.31. The lowest BCUT2D eigenvalue weighted by Crippen LogP contribution is -2.24. The van der Waals surface area contributed by atoms with Gasteiger partial charge in [-0.3, -0.25) is 0 Å². The molecular formula is C13H15ClFN3.